The molecule has 0 aromatic heterocycles. The molecule has 180 valence electrons. The number of hydrogen-bond acceptors (Lipinski definition) is 6. The molecule has 0 fully saturated rings. The summed E-state index contributed by atoms with van der Waals surface area (Å²) in [6, 6.07) is 0. The zero-order chi connectivity index (χ0) is 25.0. The fourth-order valence-corrected chi connectivity index (χ4v) is 4.28. The minimum Gasteiger partial charge on any atom is -0.461 e. The molecule has 0 saturated heterocycles. The number of hydrogen-bond donors (Lipinski definition) is 1. The van der Waals surface area contributed by atoms with Crippen LogP contribution in [0.4, 0.5) is 0 Å². The molecule has 5 atom stereocenters. The maximum atomic E-state index is 12.8. The van der Waals surface area contributed by atoms with Crippen molar-refractivity contribution in [2.45, 2.75) is 66.1 Å². The number of carbonyl (C=O) groups excluding carboxylic acids is 3. The van der Waals surface area contributed by atoms with Crippen LogP contribution in [-0.4, -0.2) is 41.1 Å². The van der Waals surface area contributed by atoms with Crippen LogP contribution in [0.2, 0.25) is 0 Å². The number of carbonyl (C=O) groups is 3. The van der Waals surface area contributed by atoms with Crippen molar-refractivity contribution in [1.29, 1.82) is 0 Å². The molecule has 0 spiro atoms. The molecule has 1 N–H and O–H groups in total. The highest BCUT2D eigenvalue weighted by Crippen LogP contribution is 2.52. The molecule has 2 aliphatic rings. The Balaban J connectivity index is 2.19. The van der Waals surface area contributed by atoms with Crippen LogP contribution >= 0.6 is 0 Å². The monoisotopic (exact) mass is 456 g/mol. The maximum Gasteiger partial charge on any atom is 0.331 e. The van der Waals surface area contributed by atoms with E-state index in [0.717, 1.165) is 17.6 Å². The molecule has 0 aliphatic heterocycles. The van der Waals surface area contributed by atoms with Crippen LogP contribution in [0.5, 0.6) is 0 Å². The first-order chi connectivity index (χ1) is 15.3. The van der Waals surface area contributed by atoms with Crippen LogP contribution in [0.15, 0.2) is 59.8 Å². The van der Waals surface area contributed by atoms with E-state index in [-0.39, 0.29) is 24.5 Å². The second-order valence-electron chi connectivity index (χ2n) is 9.48. The van der Waals surface area contributed by atoms with Crippen molar-refractivity contribution in [3.63, 3.8) is 0 Å². The van der Waals surface area contributed by atoms with Gasteiger partial charge < -0.3 is 14.6 Å². The van der Waals surface area contributed by atoms with Gasteiger partial charge in [-0.25, -0.2) is 4.79 Å². The molecule has 6 nitrogen and oxygen atoms in total. The van der Waals surface area contributed by atoms with Crippen LogP contribution in [0, 0.1) is 17.3 Å². The minimum atomic E-state index is -1.86. The molecular formula is C27H36O6. The molecule has 0 saturated carbocycles. The van der Waals surface area contributed by atoms with Gasteiger partial charge in [-0.05, 0) is 42.6 Å². The van der Waals surface area contributed by atoms with Gasteiger partial charge in [-0.3, -0.25) is 9.59 Å². The van der Waals surface area contributed by atoms with E-state index in [1.165, 1.54) is 19.1 Å². The van der Waals surface area contributed by atoms with E-state index in [9.17, 15) is 19.5 Å². The summed E-state index contributed by atoms with van der Waals surface area (Å²) in [6.07, 6.45) is 10.8. The molecule has 33 heavy (non-hydrogen) atoms. The van der Waals surface area contributed by atoms with Crippen LogP contribution in [0.3, 0.4) is 0 Å². The van der Waals surface area contributed by atoms with Gasteiger partial charge in [0.05, 0.1) is 0 Å². The van der Waals surface area contributed by atoms with Gasteiger partial charge in [0.1, 0.15) is 12.7 Å². The third-order valence-electron chi connectivity index (χ3n) is 6.90. The lowest BCUT2D eigenvalue weighted by atomic mass is 9.57. The van der Waals surface area contributed by atoms with Gasteiger partial charge >= 0.3 is 11.9 Å². The summed E-state index contributed by atoms with van der Waals surface area (Å²) >= 11 is 0. The van der Waals surface area contributed by atoms with Crippen molar-refractivity contribution in [2.24, 2.45) is 17.3 Å². The van der Waals surface area contributed by atoms with Crippen molar-refractivity contribution in [3.05, 3.63) is 59.8 Å². The predicted molar refractivity (Wildman–Crippen MR) is 127 cm³/mol. The highest BCUT2D eigenvalue weighted by Gasteiger charge is 2.53. The lowest BCUT2D eigenvalue weighted by Crippen LogP contribution is -2.53. The summed E-state index contributed by atoms with van der Waals surface area (Å²) in [5.74, 6) is -1.25. The second kappa shape index (κ2) is 10.5. The van der Waals surface area contributed by atoms with Crippen molar-refractivity contribution in [1.82, 2.24) is 0 Å². The topological polar surface area (TPSA) is 89.9 Å². The molecule has 0 aromatic carbocycles. The molecule has 2 aliphatic carbocycles. The number of aliphatic hydroxyl groups is 1. The van der Waals surface area contributed by atoms with Crippen LogP contribution < -0.4 is 0 Å². The molecule has 0 radical (unpaired) electrons. The summed E-state index contributed by atoms with van der Waals surface area (Å²) in [4.78, 5) is 36.4. The predicted octanol–water partition coefficient (Wildman–Crippen LogP) is 4.41. The Kier molecular flexibility index (Phi) is 8.41. The van der Waals surface area contributed by atoms with E-state index in [4.69, 9.17) is 9.47 Å². The fourth-order valence-electron chi connectivity index (χ4n) is 4.28. The number of fused-ring (bicyclic) bond motifs is 1. The van der Waals surface area contributed by atoms with Crippen LogP contribution in [0.1, 0.15) is 54.4 Å². The minimum absolute atomic E-state index is 0.0525. The van der Waals surface area contributed by atoms with Gasteiger partial charge in [-0.1, -0.05) is 64.5 Å². The van der Waals surface area contributed by atoms with E-state index in [2.05, 4.69) is 26.5 Å². The summed E-state index contributed by atoms with van der Waals surface area (Å²) in [5.41, 5.74) is -0.633. The van der Waals surface area contributed by atoms with E-state index in [0.29, 0.717) is 5.92 Å². The lowest BCUT2D eigenvalue weighted by Gasteiger charge is -2.49. The third kappa shape index (κ3) is 5.99. The largest absolute Gasteiger partial charge is 0.461 e. The average Bonchev–Trinajstić information content (AvgIpc) is 2.74. The molecule has 2 rings (SSSR count). The molecule has 0 unspecified atom stereocenters. The quantitative estimate of drug-likeness (QED) is 0.252. The van der Waals surface area contributed by atoms with Crippen LogP contribution in [0.25, 0.3) is 0 Å². The van der Waals surface area contributed by atoms with Crippen molar-refractivity contribution < 1.29 is 29.0 Å². The van der Waals surface area contributed by atoms with Gasteiger partial charge in [-0.15, -0.1) is 0 Å². The van der Waals surface area contributed by atoms with Gasteiger partial charge in [-0.2, -0.15) is 0 Å². The van der Waals surface area contributed by atoms with E-state index >= 15 is 0 Å². The number of esters is 2. The zero-order valence-electron chi connectivity index (χ0n) is 20.5. The molecular weight excluding hydrogens is 420 g/mol. The van der Waals surface area contributed by atoms with Crippen molar-refractivity contribution in [3.8, 4) is 0 Å². The SMILES string of the molecule is C=C(COC(C)=O)[C@]1(O)C[C@]2(C)C(=CC1=O)C=C[C@@H](OC(=O)/C=C/C(C)=C/[C@@H](C)CC)[C@@H]2C. The first-order valence-corrected chi connectivity index (χ1v) is 11.4. The van der Waals surface area contributed by atoms with E-state index in [1.807, 2.05) is 20.8 Å². The summed E-state index contributed by atoms with van der Waals surface area (Å²) in [5, 5.41) is 11.2. The Hall–Kier alpha value is -2.73. The van der Waals surface area contributed by atoms with Gasteiger partial charge in [0.25, 0.3) is 0 Å². The number of ether oxygens (including phenoxy) is 2. The smallest absolute Gasteiger partial charge is 0.331 e. The molecule has 0 aromatic rings. The summed E-state index contributed by atoms with van der Waals surface area (Å²) in [6.45, 7) is 14.8. The van der Waals surface area contributed by atoms with E-state index < -0.39 is 34.8 Å². The van der Waals surface area contributed by atoms with Gasteiger partial charge in [0.15, 0.2) is 11.4 Å². The lowest BCUT2D eigenvalue weighted by molar-refractivity contribution is -0.147. The number of rotatable bonds is 8. The summed E-state index contributed by atoms with van der Waals surface area (Å²) < 4.78 is 10.7. The van der Waals surface area contributed by atoms with Crippen LogP contribution in [-0.2, 0) is 23.9 Å². The maximum absolute atomic E-state index is 12.8. The Labute approximate surface area is 196 Å². The second-order valence-corrected chi connectivity index (χ2v) is 9.48. The number of allylic oxidation sites excluding steroid dienone is 5. The van der Waals surface area contributed by atoms with Gasteiger partial charge in [0.2, 0.25) is 0 Å². The first kappa shape index (κ1) is 26.5. The Bertz CT molecular complexity index is 936. The Morgan fingerprint density at radius 3 is 2.61 bits per heavy atom. The average molecular weight is 457 g/mol. The van der Waals surface area contributed by atoms with Gasteiger partial charge in [0, 0.05) is 24.3 Å². The standard InChI is InChI=1S/C27H36O6/c1-8-17(2)13-18(3)9-12-25(30)33-23-11-10-22-14-24(29)27(31,16-26(22,7)20(23)5)19(4)15-32-21(6)28/h9-14,17,20,23,31H,4,8,15-16H2,1-3,5-7H3/b12-9+,18-13+/t17-,20-,23+,26-,27+/m0/s1. The molecule has 0 amide bonds. The zero-order valence-corrected chi connectivity index (χ0v) is 20.5. The first-order valence-electron chi connectivity index (χ1n) is 11.4. The van der Waals surface area contributed by atoms with Crippen molar-refractivity contribution >= 4 is 17.7 Å². The molecule has 0 bridgehead atoms. The summed E-state index contributed by atoms with van der Waals surface area (Å²) in [7, 11) is 0. The molecule has 0 heterocycles. The fraction of sp³-hybridized carbons (Fsp3) is 0.519. The van der Waals surface area contributed by atoms with Crippen molar-refractivity contribution in [2.75, 3.05) is 6.61 Å². The Morgan fingerprint density at radius 1 is 1.33 bits per heavy atom. The number of ketones is 1. The third-order valence-corrected chi connectivity index (χ3v) is 6.90. The van der Waals surface area contributed by atoms with E-state index in [1.54, 1.807) is 18.2 Å². The molecule has 6 heteroatoms. The normalized spacial score (nSPS) is 30.5. The highest BCUT2D eigenvalue weighted by atomic mass is 16.5. The highest BCUT2D eigenvalue weighted by molar-refractivity contribution is 6.01. The Morgan fingerprint density at radius 2 is 2.00 bits per heavy atom.